The van der Waals surface area contributed by atoms with Gasteiger partial charge in [0.05, 0.1) is 16.7 Å². The summed E-state index contributed by atoms with van der Waals surface area (Å²) in [7, 11) is 0. The molecule has 0 unspecified atom stereocenters. The fraction of sp³-hybridized carbons (Fsp3) is 0.0714. The third-order valence-corrected chi connectivity index (χ3v) is 3.22. The molecule has 2 N–H and O–H groups in total. The highest BCUT2D eigenvalue weighted by Gasteiger charge is 2.13. The Morgan fingerprint density at radius 1 is 1.21 bits per heavy atom. The molecule has 0 spiro atoms. The summed E-state index contributed by atoms with van der Waals surface area (Å²) in [5, 5.41) is 0.557. The van der Waals surface area contributed by atoms with Crippen LogP contribution in [-0.2, 0) is 0 Å². The Labute approximate surface area is 114 Å². The van der Waals surface area contributed by atoms with Gasteiger partial charge in [-0.25, -0.2) is 9.37 Å². The van der Waals surface area contributed by atoms with Crippen molar-refractivity contribution in [2.75, 3.05) is 5.73 Å². The van der Waals surface area contributed by atoms with E-state index in [2.05, 4.69) is 4.98 Å². The molecular weight excluding hydrogens is 265 g/mol. The van der Waals surface area contributed by atoms with Gasteiger partial charge in [-0.2, -0.15) is 0 Å². The topological polar surface area (TPSA) is 43.8 Å². The Balaban J connectivity index is 2.35. The number of nitrogens with zero attached hydrogens (tertiary/aromatic N) is 2. The summed E-state index contributed by atoms with van der Waals surface area (Å²) in [6.45, 7) is 1.83. The first-order chi connectivity index (χ1) is 9.06. The molecule has 5 heteroatoms. The number of fused-ring (bicyclic) bond motifs is 1. The van der Waals surface area contributed by atoms with Crippen molar-refractivity contribution in [3.8, 4) is 5.69 Å². The van der Waals surface area contributed by atoms with E-state index in [1.165, 1.54) is 6.07 Å². The number of aryl methyl sites for hydroxylation is 1. The first kappa shape index (κ1) is 12.0. The lowest BCUT2D eigenvalue weighted by Gasteiger charge is -2.08. The van der Waals surface area contributed by atoms with Crippen LogP contribution in [-0.4, -0.2) is 9.55 Å². The molecule has 2 aromatic carbocycles. The molecule has 3 rings (SSSR count). The van der Waals surface area contributed by atoms with Gasteiger partial charge in [-0.1, -0.05) is 17.7 Å². The zero-order valence-corrected chi connectivity index (χ0v) is 10.9. The van der Waals surface area contributed by atoms with Crippen molar-refractivity contribution in [1.29, 1.82) is 0 Å². The number of rotatable bonds is 1. The number of nitrogens with two attached hydrogens (primary N) is 1. The van der Waals surface area contributed by atoms with E-state index in [9.17, 15) is 4.39 Å². The van der Waals surface area contributed by atoms with Gasteiger partial charge in [0.25, 0.3) is 0 Å². The Bertz CT molecular complexity index is 780. The van der Waals surface area contributed by atoms with Crippen LogP contribution in [0.5, 0.6) is 0 Å². The number of halogens is 2. The number of hydrogen-bond acceptors (Lipinski definition) is 2. The first-order valence-corrected chi connectivity index (χ1v) is 6.14. The molecule has 0 aliphatic rings. The minimum absolute atomic E-state index is 0.236. The van der Waals surface area contributed by atoms with Crippen LogP contribution in [0, 0.1) is 12.7 Å². The molecule has 0 saturated carbocycles. The van der Waals surface area contributed by atoms with Crippen LogP contribution in [0.25, 0.3) is 16.7 Å². The van der Waals surface area contributed by atoms with Crippen LogP contribution in [0.2, 0.25) is 5.02 Å². The Morgan fingerprint density at radius 2 is 2.00 bits per heavy atom. The van der Waals surface area contributed by atoms with Crippen molar-refractivity contribution >= 4 is 28.6 Å². The number of imidazole rings is 1. The van der Waals surface area contributed by atoms with Crippen LogP contribution in [0.3, 0.4) is 0 Å². The summed E-state index contributed by atoms with van der Waals surface area (Å²) >= 11 is 5.98. The van der Waals surface area contributed by atoms with Gasteiger partial charge in [-0.05, 0) is 42.8 Å². The summed E-state index contributed by atoms with van der Waals surface area (Å²) in [4.78, 5) is 4.21. The average Bonchev–Trinajstić information content (AvgIpc) is 2.65. The van der Waals surface area contributed by atoms with E-state index in [0.29, 0.717) is 21.7 Å². The van der Waals surface area contributed by atoms with Crippen molar-refractivity contribution in [2.24, 2.45) is 0 Å². The van der Waals surface area contributed by atoms with E-state index in [1.54, 1.807) is 28.8 Å². The van der Waals surface area contributed by atoms with E-state index in [4.69, 9.17) is 17.3 Å². The zero-order valence-electron chi connectivity index (χ0n) is 10.2. The lowest BCUT2D eigenvalue weighted by atomic mass is 10.2. The van der Waals surface area contributed by atoms with Crippen LogP contribution >= 0.6 is 11.6 Å². The highest BCUT2D eigenvalue weighted by Crippen LogP contribution is 2.27. The van der Waals surface area contributed by atoms with Gasteiger partial charge in [-0.15, -0.1) is 0 Å². The third kappa shape index (κ3) is 1.94. The Hall–Kier alpha value is -2.07. The van der Waals surface area contributed by atoms with E-state index in [-0.39, 0.29) is 11.8 Å². The minimum Gasteiger partial charge on any atom is -0.369 e. The Kier molecular flexibility index (Phi) is 2.68. The van der Waals surface area contributed by atoms with Crippen LogP contribution in [0.15, 0.2) is 36.4 Å². The summed E-state index contributed by atoms with van der Waals surface area (Å²) in [6, 6.07) is 10.2. The first-order valence-electron chi connectivity index (χ1n) is 5.76. The number of anilines is 1. The molecule has 0 saturated heterocycles. The molecule has 3 nitrogen and oxygen atoms in total. The van der Waals surface area contributed by atoms with Gasteiger partial charge in [0.2, 0.25) is 5.95 Å². The lowest BCUT2D eigenvalue weighted by molar-refractivity contribution is 0.619. The smallest absolute Gasteiger partial charge is 0.206 e. The molecule has 19 heavy (non-hydrogen) atoms. The second-order valence-electron chi connectivity index (χ2n) is 4.39. The molecule has 0 fully saturated rings. The van der Waals surface area contributed by atoms with Gasteiger partial charge < -0.3 is 5.73 Å². The molecule has 0 aliphatic heterocycles. The van der Waals surface area contributed by atoms with E-state index >= 15 is 0 Å². The van der Waals surface area contributed by atoms with Gasteiger partial charge in [-0.3, -0.25) is 4.57 Å². The normalized spacial score (nSPS) is 11.1. The molecular formula is C14H11ClFN3. The van der Waals surface area contributed by atoms with Gasteiger partial charge >= 0.3 is 0 Å². The predicted molar refractivity (Wildman–Crippen MR) is 75.2 cm³/mol. The Morgan fingerprint density at radius 3 is 2.74 bits per heavy atom. The monoisotopic (exact) mass is 275 g/mol. The second kappa shape index (κ2) is 4.24. The van der Waals surface area contributed by atoms with Crippen molar-refractivity contribution in [1.82, 2.24) is 9.55 Å². The quantitative estimate of drug-likeness (QED) is 0.736. The van der Waals surface area contributed by atoms with E-state index < -0.39 is 0 Å². The molecule has 0 bridgehead atoms. The predicted octanol–water partition coefficient (Wildman–Crippen LogP) is 3.71. The van der Waals surface area contributed by atoms with Crippen LogP contribution in [0.1, 0.15) is 5.56 Å². The molecule has 1 heterocycles. The second-order valence-corrected chi connectivity index (χ2v) is 4.83. The van der Waals surface area contributed by atoms with Crippen LogP contribution < -0.4 is 5.73 Å². The average molecular weight is 276 g/mol. The fourth-order valence-corrected chi connectivity index (χ4v) is 2.28. The number of nitrogen functional groups attached to an aromatic ring is 1. The molecule has 3 aromatic rings. The van der Waals surface area contributed by atoms with Gasteiger partial charge in [0.1, 0.15) is 5.82 Å². The molecule has 0 aliphatic carbocycles. The van der Waals surface area contributed by atoms with Crippen molar-refractivity contribution in [3.05, 3.63) is 52.8 Å². The fourth-order valence-electron chi connectivity index (χ4n) is 2.11. The van der Waals surface area contributed by atoms with Crippen molar-refractivity contribution in [3.63, 3.8) is 0 Å². The van der Waals surface area contributed by atoms with Crippen molar-refractivity contribution < 1.29 is 4.39 Å². The number of benzene rings is 2. The maximum absolute atomic E-state index is 14.1. The lowest BCUT2D eigenvalue weighted by Crippen LogP contribution is -2.03. The molecule has 96 valence electrons. The minimum atomic E-state index is -0.342. The van der Waals surface area contributed by atoms with Crippen LogP contribution in [0.4, 0.5) is 10.3 Å². The summed E-state index contributed by atoms with van der Waals surface area (Å²) in [5.41, 5.74) is 8.47. The molecule has 0 atom stereocenters. The van der Waals surface area contributed by atoms with Gasteiger partial charge in [0, 0.05) is 5.02 Å². The van der Waals surface area contributed by atoms with Gasteiger partial charge in [0.15, 0.2) is 0 Å². The standard InChI is InChI=1S/C14H11ClFN3/c1-8-2-5-12(10(16)6-8)19-13-7-9(15)3-4-11(13)18-14(19)17/h2-7H,1H3,(H2,17,18). The number of hydrogen-bond donors (Lipinski definition) is 1. The van der Waals surface area contributed by atoms with E-state index in [1.807, 2.05) is 13.0 Å². The molecule has 0 radical (unpaired) electrons. The number of aromatic nitrogens is 2. The highest BCUT2D eigenvalue weighted by molar-refractivity contribution is 6.31. The SMILES string of the molecule is Cc1ccc(-n2c(N)nc3ccc(Cl)cc32)c(F)c1. The highest BCUT2D eigenvalue weighted by atomic mass is 35.5. The molecule has 1 aromatic heterocycles. The summed E-state index contributed by atoms with van der Waals surface area (Å²) in [5.74, 6) is -0.106. The largest absolute Gasteiger partial charge is 0.369 e. The third-order valence-electron chi connectivity index (χ3n) is 2.99. The molecule has 0 amide bonds. The van der Waals surface area contributed by atoms with Crippen molar-refractivity contribution in [2.45, 2.75) is 6.92 Å². The maximum Gasteiger partial charge on any atom is 0.206 e. The summed E-state index contributed by atoms with van der Waals surface area (Å²) in [6.07, 6.45) is 0. The van der Waals surface area contributed by atoms with E-state index in [0.717, 1.165) is 5.56 Å². The summed E-state index contributed by atoms with van der Waals surface area (Å²) < 4.78 is 15.7. The zero-order chi connectivity index (χ0) is 13.6. The maximum atomic E-state index is 14.1.